The fraction of sp³-hybridized carbons (Fsp3) is 0.235. The standard InChI is InChI=1S/C17H17N3O4/c21-15(13-5-2-1-3-6-13)18-17(23)20-10-8-19(9-11-20)16(22)14-7-4-12-24-14/h1-7,12H,8-11H2,(H,18,21,23). The largest absolute Gasteiger partial charge is 0.459 e. The lowest BCUT2D eigenvalue weighted by Gasteiger charge is -2.34. The topological polar surface area (TPSA) is 82.9 Å². The van der Waals surface area contributed by atoms with E-state index in [0.29, 0.717) is 31.7 Å². The number of hydrogen-bond acceptors (Lipinski definition) is 4. The van der Waals surface area contributed by atoms with Gasteiger partial charge < -0.3 is 14.2 Å². The van der Waals surface area contributed by atoms with Crippen molar-refractivity contribution < 1.29 is 18.8 Å². The van der Waals surface area contributed by atoms with Crippen molar-refractivity contribution in [3.05, 3.63) is 60.1 Å². The molecular formula is C17H17N3O4. The predicted octanol–water partition coefficient (Wildman–Crippen LogP) is 1.59. The molecule has 1 fully saturated rings. The van der Waals surface area contributed by atoms with Crippen LogP contribution in [-0.4, -0.2) is 53.8 Å². The van der Waals surface area contributed by atoms with Crippen LogP contribution in [-0.2, 0) is 0 Å². The lowest BCUT2D eigenvalue weighted by atomic mass is 10.2. The van der Waals surface area contributed by atoms with Crippen LogP contribution in [0.4, 0.5) is 4.79 Å². The van der Waals surface area contributed by atoms with Gasteiger partial charge in [-0.3, -0.25) is 14.9 Å². The number of nitrogens with one attached hydrogen (secondary N) is 1. The van der Waals surface area contributed by atoms with Crippen LogP contribution in [0.15, 0.2) is 53.1 Å². The van der Waals surface area contributed by atoms with Gasteiger partial charge in [-0.1, -0.05) is 18.2 Å². The van der Waals surface area contributed by atoms with Crippen molar-refractivity contribution in [3.8, 4) is 0 Å². The molecule has 0 bridgehead atoms. The molecule has 1 aliphatic heterocycles. The van der Waals surface area contributed by atoms with E-state index in [-0.39, 0.29) is 11.7 Å². The summed E-state index contributed by atoms with van der Waals surface area (Å²) >= 11 is 0. The molecule has 2 heterocycles. The summed E-state index contributed by atoms with van der Waals surface area (Å²) in [4.78, 5) is 39.5. The molecule has 4 amide bonds. The number of rotatable bonds is 2. The summed E-state index contributed by atoms with van der Waals surface area (Å²) in [6, 6.07) is 11.4. The smallest absolute Gasteiger partial charge is 0.324 e. The van der Waals surface area contributed by atoms with E-state index in [2.05, 4.69) is 5.32 Å². The number of benzene rings is 1. The van der Waals surface area contributed by atoms with Crippen LogP contribution in [0.25, 0.3) is 0 Å². The summed E-state index contributed by atoms with van der Waals surface area (Å²) in [5.74, 6) is -0.345. The average Bonchev–Trinajstić information content (AvgIpc) is 3.16. The van der Waals surface area contributed by atoms with Crippen molar-refractivity contribution in [2.75, 3.05) is 26.2 Å². The Labute approximate surface area is 138 Å². The van der Waals surface area contributed by atoms with Crippen molar-refractivity contribution in [1.82, 2.24) is 15.1 Å². The third kappa shape index (κ3) is 3.45. The molecular weight excluding hydrogens is 310 g/mol. The summed E-state index contributed by atoms with van der Waals surface area (Å²) in [5.41, 5.74) is 0.428. The number of piperazine rings is 1. The molecule has 0 aliphatic carbocycles. The van der Waals surface area contributed by atoms with Crippen molar-refractivity contribution in [2.24, 2.45) is 0 Å². The van der Waals surface area contributed by atoms with Gasteiger partial charge in [0.1, 0.15) is 0 Å². The van der Waals surface area contributed by atoms with Gasteiger partial charge >= 0.3 is 6.03 Å². The van der Waals surface area contributed by atoms with E-state index in [1.165, 1.54) is 11.2 Å². The zero-order valence-corrected chi connectivity index (χ0v) is 13.0. The summed E-state index contributed by atoms with van der Waals surface area (Å²) < 4.78 is 5.10. The van der Waals surface area contributed by atoms with Crippen LogP contribution < -0.4 is 5.32 Å². The molecule has 7 nitrogen and oxygen atoms in total. The highest BCUT2D eigenvalue weighted by molar-refractivity contribution is 6.04. The Balaban J connectivity index is 1.52. The molecule has 0 radical (unpaired) electrons. The fourth-order valence-corrected chi connectivity index (χ4v) is 2.51. The second-order valence-corrected chi connectivity index (χ2v) is 5.38. The summed E-state index contributed by atoms with van der Waals surface area (Å²) in [7, 11) is 0. The van der Waals surface area contributed by atoms with Crippen LogP contribution >= 0.6 is 0 Å². The van der Waals surface area contributed by atoms with Gasteiger partial charge in [0.05, 0.1) is 6.26 Å². The molecule has 124 valence electrons. The average molecular weight is 327 g/mol. The van der Waals surface area contributed by atoms with E-state index in [1.807, 2.05) is 0 Å². The lowest BCUT2D eigenvalue weighted by Crippen LogP contribution is -2.54. The summed E-state index contributed by atoms with van der Waals surface area (Å²) in [5, 5.41) is 2.36. The Bertz CT molecular complexity index is 720. The predicted molar refractivity (Wildman–Crippen MR) is 85.5 cm³/mol. The minimum Gasteiger partial charge on any atom is -0.459 e. The molecule has 1 aromatic heterocycles. The lowest BCUT2D eigenvalue weighted by molar-refractivity contribution is 0.0629. The van der Waals surface area contributed by atoms with Crippen LogP contribution in [0, 0.1) is 0 Å². The maximum atomic E-state index is 12.2. The van der Waals surface area contributed by atoms with E-state index < -0.39 is 11.9 Å². The normalized spacial score (nSPS) is 14.3. The zero-order valence-electron chi connectivity index (χ0n) is 13.0. The Hall–Kier alpha value is -3.09. The van der Waals surface area contributed by atoms with Crippen LogP contribution in [0.1, 0.15) is 20.9 Å². The molecule has 0 unspecified atom stereocenters. The molecule has 0 atom stereocenters. The highest BCUT2D eigenvalue weighted by Gasteiger charge is 2.26. The molecule has 3 rings (SSSR count). The molecule has 1 saturated heterocycles. The second kappa shape index (κ2) is 6.99. The number of amides is 4. The Morgan fingerprint density at radius 1 is 0.875 bits per heavy atom. The number of carbonyl (C=O) groups excluding carboxylic acids is 3. The Morgan fingerprint density at radius 2 is 1.54 bits per heavy atom. The monoisotopic (exact) mass is 327 g/mol. The fourth-order valence-electron chi connectivity index (χ4n) is 2.51. The third-order valence-electron chi connectivity index (χ3n) is 3.84. The minimum atomic E-state index is -0.450. The number of hydrogen-bond donors (Lipinski definition) is 1. The SMILES string of the molecule is O=C(NC(=O)N1CCN(C(=O)c2ccco2)CC1)c1ccccc1. The Kier molecular flexibility index (Phi) is 4.60. The van der Waals surface area contributed by atoms with Crippen molar-refractivity contribution in [3.63, 3.8) is 0 Å². The first-order valence-electron chi connectivity index (χ1n) is 7.63. The first-order chi connectivity index (χ1) is 11.6. The van der Waals surface area contributed by atoms with Gasteiger partial charge in [-0.2, -0.15) is 0 Å². The maximum absolute atomic E-state index is 12.2. The first-order valence-corrected chi connectivity index (χ1v) is 7.63. The first kappa shape index (κ1) is 15.8. The second-order valence-electron chi connectivity index (χ2n) is 5.38. The zero-order chi connectivity index (χ0) is 16.9. The minimum absolute atomic E-state index is 0.194. The van der Waals surface area contributed by atoms with E-state index in [9.17, 15) is 14.4 Å². The van der Waals surface area contributed by atoms with Crippen LogP contribution in [0.2, 0.25) is 0 Å². The quantitative estimate of drug-likeness (QED) is 0.908. The van der Waals surface area contributed by atoms with Gasteiger partial charge in [-0.05, 0) is 24.3 Å². The maximum Gasteiger partial charge on any atom is 0.324 e. The van der Waals surface area contributed by atoms with E-state index in [1.54, 1.807) is 47.4 Å². The third-order valence-corrected chi connectivity index (χ3v) is 3.84. The number of urea groups is 1. The number of carbonyl (C=O) groups is 3. The van der Waals surface area contributed by atoms with Crippen molar-refractivity contribution in [2.45, 2.75) is 0 Å². The van der Waals surface area contributed by atoms with E-state index in [0.717, 1.165) is 0 Å². The number of imide groups is 1. The van der Waals surface area contributed by atoms with Crippen molar-refractivity contribution >= 4 is 17.8 Å². The van der Waals surface area contributed by atoms with Gasteiger partial charge in [0.25, 0.3) is 11.8 Å². The van der Waals surface area contributed by atoms with Gasteiger partial charge in [-0.25, -0.2) is 4.79 Å². The summed E-state index contributed by atoms with van der Waals surface area (Å²) in [6.45, 7) is 1.51. The molecule has 2 aromatic rings. The molecule has 1 aromatic carbocycles. The highest BCUT2D eigenvalue weighted by Crippen LogP contribution is 2.09. The van der Waals surface area contributed by atoms with E-state index >= 15 is 0 Å². The highest BCUT2D eigenvalue weighted by atomic mass is 16.3. The van der Waals surface area contributed by atoms with E-state index in [4.69, 9.17) is 4.42 Å². The van der Waals surface area contributed by atoms with Crippen LogP contribution in [0.3, 0.4) is 0 Å². The van der Waals surface area contributed by atoms with Gasteiger partial charge in [0.15, 0.2) is 5.76 Å². The molecule has 24 heavy (non-hydrogen) atoms. The summed E-state index contributed by atoms with van der Waals surface area (Å²) in [6.07, 6.45) is 1.45. The van der Waals surface area contributed by atoms with Crippen molar-refractivity contribution in [1.29, 1.82) is 0 Å². The molecule has 1 aliphatic rings. The molecule has 0 saturated carbocycles. The van der Waals surface area contributed by atoms with Gasteiger partial charge in [-0.15, -0.1) is 0 Å². The van der Waals surface area contributed by atoms with Gasteiger partial charge in [0, 0.05) is 31.7 Å². The molecule has 7 heteroatoms. The number of nitrogens with zero attached hydrogens (tertiary/aromatic N) is 2. The molecule has 1 N–H and O–H groups in total. The molecule has 0 spiro atoms. The Morgan fingerprint density at radius 3 is 2.17 bits per heavy atom. The number of furan rings is 1. The van der Waals surface area contributed by atoms with Crippen LogP contribution in [0.5, 0.6) is 0 Å². The van der Waals surface area contributed by atoms with Gasteiger partial charge in [0.2, 0.25) is 0 Å².